The van der Waals surface area contributed by atoms with Gasteiger partial charge in [-0.05, 0) is 43.9 Å². The average molecular weight is 405 g/mol. The fourth-order valence-electron chi connectivity index (χ4n) is 3.75. The molecule has 2 aromatic rings. The summed E-state index contributed by atoms with van der Waals surface area (Å²) in [6.07, 6.45) is 2.50. The van der Waals surface area contributed by atoms with Gasteiger partial charge < -0.3 is 14.2 Å². The molecule has 0 aliphatic carbocycles. The van der Waals surface area contributed by atoms with Gasteiger partial charge in [-0.2, -0.15) is 0 Å². The summed E-state index contributed by atoms with van der Waals surface area (Å²) in [5, 5.41) is 4.51. The number of carbonyl (C=O) groups excluding carboxylic acids is 2. The maximum Gasteiger partial charge on any atom is 0.314 e. The van der Waals surface area contributed by atoms with Crippen LogP contribution < -0.4 is 0 Å². The summed E-state index contributed by atoms with van der Waals surface area (Å²) in [7, 11) is 0. The Kier molecular flexibility index (Phi) is 6.39. The molecule has 3 rings (SSSR count). The third-order valence-electron chi connectivity index (χ3n) is 5.13. The molecule has 0 radical (unpaired) electrons. The van der Waals surface area contributed by atoms with Gasteiger partial charge >= 0.3 is 5.97 Å². The molecule has 1 amide bonds. The van der Waals surface area contributed by atoms with Crippen LogP contribution in [0.2, 0.25) is 5.02 Å². The molecule has 1 atom stereocenters. The van der Waals surface area contributed by atoms with Gasteiger partial charge in [0.2, 0.25) is 0 Å². The normalized spacial score (nSPS) is 19.5. The first-order valence-corrected chi connectivity index (χ1v) is 10.0. The van der Waals surface area contributed by atoms with Crippen molar-refractivity contribution < 1.29 is 18.8 Å². The highest BCUT2D eigenvalue weighted by Crippen LogP contribution is 2.36. The maximum absolute atomic E-state index is 12.9. The van der Waals surface area contributed by atoms with Crippen LogP contribution in [0.1, 0.15) is 48.5 Å². The summed E-state index contributed by atoms with van der Waals surface area (Å²) in [6.45, 7) is 4.88. The summed E-state index contributed by atoms with van der Waals surface area (Å²) >= 11 is 6.12. The van der Waals surface area contributed by atoms with Gasteiger partial charge in [0.1, 0.15) is 5.76 Å². The van der Waals surface area contributed by atoms with E-state index in [2.05, 4.69) is 5.16 Å². The average Bonchev–Trinajstić information content (AvgIpc) is 3.17. The Morgan fingerprint density at radius 3 is 2.82 bits per heavy atom. The minimum absolute atomic E-state index is 0.220. The quantitative estimate of drug-likeness (QED) is 0.682. The topological polar surface area (TPSA) is 72.6 Å². The Balaban J connectivity index is 1.86. The molecule has 1 saturated heterocycles. The second-order valence-corrected chi connectivity index (χ2v) is 7.61. The van der Waals surface area contributed by atoms with Crippen molar-refractivity contribution in [1.82, 2.24) is 10.1 Å². The second-order valence-electron chi connectivity index (χ2n) is 7.17. The molecule has 1 fully saturated rings. The molecule has 0 spiro atoms. The predicted octanol–water partition coefficient (Wildman–Crippen LogP) is 3.92. The van der Waals surface area contributed by atoms with Crippen molar-refractivity contribution in [1.29, 1.82) is 0 Å². The molecule has 0 bridgehead atoms. The van der Waals surface area contributed by atoms with E-state index in [1.54, 1.807) is 24.0 Å². The van der Waals surface area contributed by atoms with E-state index in [0.717, 1.165) is 5.56 Å². The van der Waals surface area contributed by atoms with Crippen LogP contribution in [0.5, 0.6) is 0 Å². The Labute approximate surface area is 169 Å². The van der Waals surface area contributed by atoms with E-state index in [4.69, 9.17) is 20.9 Å². The number of piperidine rings is 1. The van der Waals surface area contributed by atoms with Gasteiger partial charge in [0, 0.05) is 30.6 Å². The molecule has 6 nitrogen and oxygen atoms in total. The van der Waals surface area contributed by atoms with Gasteiger partial charge in [0.05, 0.1) is 12.0 Å². The van der Waals surface area contributed by atoms with Crippen molar-refractivity contribution in [3.63, 3.8) is 0 Å². The number of likely N-dealkylation sites (tertiary alicyclic amines) is 1. The molecule has 1 aromatic heterocycles. The van der Waals surface area contributed by atoms with Gasteiger partial charge in [0.25, 0.3) is 5.91 Å². The third-order valence-corrected chi connectivity index (χ3v) is 5.37. The minimum atomic E-state index is -0.800. The number of aromatic nitrogens is 1. The number of halogens is 1. The SMILES string of the molecule is CCOC(=O)[C@]1(Cc2cccc(Cl)c2)CCCN(C(=O)c2cc(CC)on2)C1. The van der Waals surface area contributed by atoms with Crippen LogP contribution in [0.3, 0.4) is 0 Å². The Bertz CT molecular complexity index is 850. The Morgan fingerprint density at radius 2 is 2.14 bits per heavy atom. The number of carbonyl (C=O) groups is 2. The standard InChI is InChI=1S/C21H25ClN2O4/c1-3-17-12-18(23-28-17)19(25)24-10-6-9-21(14-24,20(26)27-4-2)13-15-7-5-8-16(22)11-15/h5,7-8,11-12H,3-4,6,9-10,13-14H2,1-2H3/t21-/m0/s1. The van der Waals surface area contributed by atoms with Gasteiger partial charge in [-0.15, -0.1) is 0 Å². The number of esters is 1. The maximum atomic E-state index is 12.9. The van der Waals surface area contributed by atoms with E-state index >= 15 is 0 Å². The van der Waals surface area contributed by atoms with Crippen molar-refractivity contribution in [3.05, 3.63) is 52.4 Å². The Morgan fingerprint density at radius 1 is 1.32 bits per heavy atom. The van der Waals surface area contributed by atoms with Gasteiger partial charge in [-0.3, -0.25) is 9.59 Å². The van der Waals surface area contributed by atoms with Crippen molar-refractivity contribution in [2.75, 3.05) is 19.7 Å². The van der Waals surface area contributed by atoms with E-state index in [1.165, 1.54) is 0 Å². The molecule has 0 saturated carbocycles. The number of aryl methyl sites for hydroxylation is 1. The highest BCUT2D eigenvalue weighted by molar-refractivity contribution is 6.30. The summed E-state index contributed by atoms with van der Waals surface area (Å²) in [5.74, 6) is 0.167. The predicted molar refractivity (Wildman–Crippen MR) is 105 cm³/mol. The van der Waals surface area contributed by atoms with Crippen LogP contribution in [0, 0.1) is 5.41 Å². The zero-order valence-corrected chi connectivity index (χ0v) is 17.0. The van der Waals surface area contributed by atoms with E-state index in [-0.39, 0.29) is 24.1 Å². The van der Waals surface area contributed by atoms with Crippen LogP contribution >= 0.6 is 11.6 Å². The Hall–Kier alpha value is -2.34. The van der Waals surface area contributed by atoms with Crippen molar-refractivity contribution in [2.45, 2.75) is 39.5 Å². The van der Waals surface area contributed by atoms with E-state index in [0.29, 0.717) is 49.6 Å². The molecule has 0 N–H and O–H groups in total. The van der Waals surface area contributed by atoms with Crippen LogP contribution in [0.25, 0.3) is 0 Å². The van der Waals surface area contributed by atoms with Gasteiger partial charge in [-0.1, -0.05) is 35.8 Å². The lowest BCUT2D eigenvalue weighted by Crippen LogP contribution is -2.51. The summed E-state index contributed by atoms with van der Waals surface area (Å²) < 4.78 is 10.6. The number of ether oxygens (including phenoxy) is 1. The smallest absolute Gasteiger partial charge is 0.314 e. The van der Waals surface area contributed by atoms with Crippen molar-refractivity contribution in [2.24, 2.45) is 5.41 Å². The lowest BCUT2D eigenvalue weighted by Gasteiger charge is -2.40. The molecule has 7 heteroatoms. The molecule has 0 unspecified atom stereocenters. The lowest BCUT2D eigenvalue weighted by atomic mass is 9.75. The van der Waals surface area contributed by atoms with Crippen LogP contribution in [0.4, 0.5) is 0 Å². The van der Waals surface area contributed by atoms with Crippen LogP contribution in [-0.2, 0) is 22.4 Å². The first-order chi connectivity index (χ1) is 13.5. The number of nitrogens with zero attached hydrogens (tertiary/aromatic N) is 2. The molecule has 1 aliphatic rings. The van der Waals surface area contributed by atoms with Gasteiger partial charge in [0.15, 0.2) is 5.69 Å². The number of hydrogen-bond donors (Lipinski definition) is 0. The molecular formula is C21H25ClN2O4. The highest BCUT2D eigenvalue weighted by Gasteiger charge is 2.45. The zero-order chi connectivity index (χ0) is 20.1. The molecule has 28 heavy (non-hydrogen) atoms. The first-order valence-electron chi connectivity index (χ1n) is 9.64. The second kappa shape index (κ2) is 8.78. The largest absolute Gasteiger partial charge is 0.466 e. The molecule has 2 heterocycles. The third kappa shape index (κ3) is 4.38. The van der Waals surface area contributed by atoms with E-state index < -0.39 is 5.41 Å². The molecular weight excluding hydrogens is 380 g/mol. The lowest BCUT2D eigenvalue weighted by molar-refractivity contribution is -0.158. The fourth-order valence-corrected chi connectivity index (χ4v) is 3.97. The number of benzene rings is 1. The number of amides is 1. The monoisotopic (exact) mass is 404 g/mol. The summed E-state index contributed by atoms with van der Waals surface area (Å²) in [4.78, 5) is 27.6. The minimum Gasteiger partial charge on any atom is -0.466 e. The first kappa shape index (κ1) is 20.4. The van der Waals surface area contributed by atoms with E-state index in [9.17, 15) is 9.59 Å². The fraction of sp³-hybridized carbons (Fsp3) is 0.476. The summed E-state index contributed by atoms with van der Waals surface area (Å²) in [6, 6.07) is 9.13. The highest BCUT2D eigenvalue weighted by atomic mass is 35.5. The van der Waals surface area contributed by atoms with Crippen LogP contribution in [0.15, 0.2) is 34.9 Å². The zero-order valence-electron chi connectivity index (χ0n) is 16.2. The van der Waals surface area contributed by atoms with E-state index in [1.807, 2.05) is 25.1 Å². The molecule has 150 valence electrons. The van der Waals surface area contributed by atoms with Crippen molar-refractivity contribution in [3.8, 4) is 0 Å². The van der Waals surface area contributed by atoms with Crippen molar-refractivity contribution >= 4 is 23.5 Å². The molecule has 1 aliphatic heterocycles. The summed E-state index contributed by atoms with van der Waals surface area (Å²) in [5.41, 5.74) is 0.426. The number of rotatable bonds is 6. The van der Waals surface area contributed by atoms with Gasteiger partial charge in [-0.25, -0.2) is 0 Å². The molecule has 1 aromatic carbocycles. The van der Waals surface area contributed by atoms with Crippen LogP contribution in [-0.4, -0.2) is 41.6 Å². The number of hydrogen-bond acceptors (Lipinski definition) is 5.